The largest absolute Gasteiger partial charge is 0.345 e. The highest BCUT2D eigenvalue weighted by Gasteiger charge is 2.44. The molecule has 4 heteroatoms. The van der Waals surface area contributed by atoms with Crippen LogP contribution in [0.2, 0.25) is 0 Å². The lowest BCUT2D eigenvalue weighted by atomic mass is 9.84. The molecule has 0 saturated heterocycles. The SMILES string of the molecule is Cc1ccc2n1CCN(C(=O)C1(CN)CCCC1)C2C. The van der Waals surface area contributed by atoms with Gasteiger partial charge >= 0.3 is 0 Å². The molecule has 2 heterocycles. The van der Waals surface area contributed by atoms with Gasteiger partial charge in [-0.05, 0) is 38.8 Å². The third-order valence-corrected chi connectivity index (χ3v) is 5.36. The summed E-state index contributed by atoms with van der Waals surface area (Å²) in [7, 11) is 0. The van der Waals surface area contributed by atoms with E-state index in [2.05, 4.69) is 35.4 Å². The van der Waals surface area contributed by atoms with E-state index in [0.29, 0.717) is 6.54 Å². The zero-order chi connectivity index (χ0) is 14.3. The number of carbonyl (C=O) groups excluding carboxylic acids is 1. The molecule has 0 aromatic carbocycles. The Hall–Kier alpha value is -1.29. The summed E-state index contributed by atoms with van der Waals surface area (Å²) in [6.07, 6.45) is 4.21. The van der Waals surface area contributed by atoms with Crippen LogP contribution in [0.5, 0.6) is 0 Å². The average Bonchev–Trinajstić information content (AvgIpc) is 3.07. The number of amides is 1. The maximum atomic E-state index is 13.0. The van der Waals surface area contributed by atoms with Crippen molar-refractivity contribution in [2.45, 2.75) is 52.1 Å². The van der Waals surface area contributed by atoms with E-state index in [1.807, 2.05) is 0 Å². The van der Waals surface area contributed by atoms with Crippen molar-refractivity contribution in [1.82, 2.24) is 9.47 Å². The first-order chi connectivity index (χ1) is 9.59. The Kier molecular flexibility index (Phi) is 3.36. The van der Waals surface area contributed by atoms with Gasteiger partial charge in [-0.3, -0.25) is 4.79 Å². The predicted octanol–water partition coefficient (Wildman–Crippen LogP) is 2.22. The molecule has 3 rings (SSSR count). The predicted molar refractivity (Wildman–Crippen MR) is 79.3 cm³/mol. The molecule has 0 spiro atoms. The second kappa shape index (κ2) is 4.92. The van der Waals surface area contributed by atoms with Gasteiger partial charge < -0.3 is 15.2 Å². The van der Waals surface area contributed by atoms with Crippen molar-refractivity contribution >= 4 is 5.91 Å². The van der Waals surface area contributed by atoms with Gasteiger partial charge in [0.05, 0.1) is 11.5 Å². The van der Waals surface area contributed by atoms with E-state index in [1.165, 1.54) is 11.4 Å². The maximum absolute atomic E-state index is 13.0. The fourth-order valence-electron chi connectivity index (χ4n) is 3.96. The first-order valence-corrected chi connectivity index (χ1v) is 7.76. The maximum Gasteiger partial charge on any atom is 0.230 e. The Bertz CT molecular complexity index is 514. The third-order valence-electron chi connectivity index (χ3n) is 5.36. The minimum absolute atomic E-state index is 0.161. The molecule has 1 amide bonds. The summed E-state index contributed by atoms with van der Waals surface area (Å²) in [4.78, 5) is 15.1. The monoisotopic (exact) mass is 275 g/mol. The van der Waals surface area contributed by atoms with Crippen molar-refractivity contribution in [2.24, 2.45) is 11.1 Å². The van der Waals surface area contributed by atoms with Crippen molar-refractivity contribution < 1.29 is 4.79 Å². The Morgan fingerprint density at radius 3 is 2.70 bits per heavy atom. The first-order valence-electron chi connectivity index (χ1n) is 7.76. The summed E-state index contributed by atoms with van der Waals surface area (Å²) in [5.74, 6) is 0.287. The van der Waals surface area contributed by atoms with E-state index in [1.54, 1.807) is 0 Å². The molecule has 0 bridgehead atoms. The highest BCUT2D eigenvalue weighted by molar-refractivity contribution is 5.84. The molecule has 1 aromatic rings. The number of nitrogens with zero attached hydrogens (tertiary/aromatic N) is 2. The summed E-state index contributed by atoms with van der Waals surface area (Å²) < 4.78 is 2.33. The van der Waals surface area contributed by atoms with E-state index in [4.69, 9.17) is 5.73 Å². The number of fused-ring (bicyclic) bond motifs is 1. The van der Waals surface area contributed by atoms with Crippen LogP contribution in [0.4, 0.5) is 0 Å². The van der Waals surface area contributed by atoms with Gasteiger partial charge in [-0.2, -0.15) is 0 Å². The summed E-state index contributed by atoms with van der Waals surface area (Å²) in [6.45, 7) is 6.48. The van der Waals surface area contributed by atoms with E-state index in [0.717, 1.165) is 38.8 Å². The molecule has 2 aliphatic rings. The molecule has 4 nitrogen and oxygen atoms in total. The Morgan fingerprint density at radius 2 is 2.05 bits per heavy atom. The normalized spacial score (nSPS) is 24.8. The number of carbonyl (C=O) groups is 1. The average molecular weight is 275 g/mol. The van der Waals surface area contributed by atoms with Gasteiger partial charge in [0.15, 0.2) is 0 Å². The van der Waals surface area contributed by atoms with Crippen LogP contribution in [0.25, 0.3) is 0 Å². The van der Waals surface area contributed by atoms with Crippen LogP contribution in [0.15, 0.2) is 12.1 Å². The molecule has 1 aliphatic carbocycles. The van der Waals surface area contributed by atoms with E-state index in [9.17, 15) is 4.79 Å². The molecule has 0 radical (unpaired) electrons. The second-order valence-corrected chi connectivity index (χ2v) is 6.42. The van der Waals surface area contributed by atoms with Crippen LogP contribution in [0, 0.1) is 12.3 Å². The van der Waals surface area contributed by atoms with Crippen LogP contribution in [0.3, 0.4) is 0 Å². The van der Waals surface area contributed by atoms with Gasteiger partial charge in [-0.15, -0.1) is 0 Å². The fourth-order valence-corrected chi connectivity index (χ4v) is 3.96. The van der Waals surface area contributed by atoms with Crippen molar-refractivity contribution in [3.8, 4) is 0 Å². The number of hydrogen-bond acceptors (Lipinski definition) is 2. The molecule has 110 valence electrons. The third kappa shape index (κ3) is 1.89. The van der Waals surface area contributed by atoms with E-state index in [-0.39, 0.29) is 17.4 Å². The van der Waals surface area contributed by atoms with Gasteiger partial charge in [-0.25, -0.2) is 0 Å². The highest BCUT2D eigenvalue weighted by Crippen LogP contribution is 2.41. The Labute approximate surface area is 120 Å². The smallest absolute Gasteiger partial charge is 0.230 e. The summed E-state index contributed by atoms with van der Waals surface area (Å²) >= 11 is 0. The van der Waals surface area contributed by atoms with Crippen LogP contribution < -0.4 is 5.73 Å². The molecule has 1 aromatic heterocycles. The van der Waals surface area contributed by atoms with Crippen LogP contribution >= 0.6 is 0 Å². The number of hydrogen-bond donors (Lipinski definition) is 1. The van der Waals surface area contributed by atoms with Gasteiger partial charge in [0.2, 0.25) is 5.91 Å². The van der Waals surface area contributed by atoms with Crippen molar-refractivity contribution in [1.29, 1.82) is 0 Å². The zero-order valence-electron chi connectivity index (χ0n) is 12.6. The summed E-state index contributed by atoms with van der Waals surface area (Å²) in [5.41, 5.74) is 8.23. The van der Waals surface area contributed by atoms with Crippen LogP contribution in [-0.2, 0) is 11.3 Å². The number of aromatic nitrogens is 1. The lowest BCUT2D eigenvalue weighted by molar-refractivity contribution is -0.144. The first kappa shape index (κ1) is 13.7. The van der Waals surface area contributed by atoms with Gasteiger partial charge in [0.1, 0.15) is 0 Å². The standard InChI is InChI=1S/C16H25N3O/c1-12-5-6-14-13(2)19(10-9-18(12)14)15(20)16(11-17)7-3-4-8-16/h5-6,13H,3-4,7-11,17H2,1-2H3. The van der Waals surface area contributed by atoms with Crippen molar-refractivity contribution in [3.63, 3.8) is 0 Å². The zero-order valence-corrected chi connectivity index (χ0v) is 12.6. The number of aryl methyl sites for hydroxylation is 1. The van der Waals surface area contributed by atoms with Gasteiger partial charge in [-0.1, -0.05) is 12.8 Å². The lowest BCUT2D eigenvalue weighted by Gasteiger charge is -2.40. The van der Waals surface area contributed by atoms with Crippen LogP contribution in [0.1, 0.15) is 50.0 Å². The molecule has 1 fully saturated rings. The molecule has 1 aliphatic heterocycles. The minimum Gasteiger partial charge on any atom is -0.345 e. The number of rotatable bonds is 2. The quantitative estimate of drug-likeness (QED) is 0.899. The molecule has 1 saturated carbocycles. The summed E-state index contributed by atoms with van der Waals surface area (Å²) in [5, 5.41) is 0. The lowest BCUT2D eigenvalue weighted by Crippen LogP contribution is -2.50. The Balaban J connectivity index is 1.87. The molecular weight excluding hydrogens is 250 g/mol. The van der Waals surface area contributed by atoms with Crippen molar-refractivity contribution in [3.05, 3.63) is 23.5 Å². The number of nitrogens with two attached hydrogens (primary N) is 1. The van der Waals surface area contributed by atoms with E-state index >= 15 is 0 Å². The minimum atomic E-state index is -0.280. The molecule has 1 unspecified atom stereocenters. The highest BCUT2D eigenvalue weighted by atomic mass is 16.2. The summed E-state index contributed by atoms with van der Waals surface area (Å²) in [6, 6.07) is 4.46. The second-order valence-electron chi connectivity index (χ2n) is 6.42. The van der Waals surface area contributed by atoms with Gasteiger partial charge in [0, 0.05) is 31.0 Å². The molecular formula is C16H25N3O. The topological polar surface area (TPSA) is 51.3 Å². The Morgan fingerprint density at radius 1 is 1.35 bits per heavy atom. The van der Waals surface area contributed by atoms with E-state index < -0.39 is 0 Å². The van der Waals surface area contributed by atoms with Crippen molar-refractivity contribution in [2.75, 3.05) is 13.1 Å². The van der Waals surface area contributed by atoms with Crippen LogP contribution in [-0.4, -0.2) is 28.5 Å². The van der Waals surface area contributed by atoms with Gasteiger partial charge in [0.25, 0.3) is 0 Å². The molecule has 1 atom stereocenters. The molecule has 20 heavy (non-hydrogen) atoms. The fraction of sp³-hybridized carbons (Fsp3) is 0.688. The molecule has 2 N–H and O–H groups in total.